The summed E-state index contributed by atoms with van der Waals surface area (Å²) in [6.07, 6.45) is 3.78. The Hall–Kier alpha value is -1.37. The van der Waals surface area contributed by atoms with E-state index in [1.54, 1.807) is 13.4 Å². The van der Waals surface area contributed by atoms with E-state index < -0.39 is 0 Å². The molecule has 2 saturated heterocycles. The van der Waals surface area contributed by atoms with Crippen LogP contribution in [-0.2, 0) is 20.8 Å². The number of nitrogens with zero attached hydrogens (tertiary/aromatic N) is 2. The monoisotopic (exact) mass is 308 g/mol. The lowest BCUT2D eigenvalue weighted by atomic mass is 10.00. The predicted molar refractivity (Wildman–Crippen MR) is 80.3 cm³/mol. The zero-order valence-electron chi connectivity index (χ0n) is 13.2. The molecular formula is C16H24N2O4. The van der Waals surface area contributed by atoms with Crippen molar-refractivity contribution in [2.45, 2.75) is 37.6 Å². The summed E-state index contributed by atoms with van der Waals surface area (Å²) in [5.74, 6) is 0.980. The van der Waals surface area contributed by atoms with Gasteiger partial charge < -0.3 is 18.8 Å². The van der Waals surface area contributed by atoms with Gasteiger partial charge in [-0.25, -0.2) is 0 Å². The number of hydrogen-bond acceptors (Lipinski definition) is 5. The van der Waals surface area contributed by atoms with Crippen molar-refractivity contribution in [1.82, 2.24) is 9.80 Å². The van der Waals surface area contributed by atoms with Gasteiger partial charge in [-0.15, -0.1) is 0 Å². The van der Waals surface area contributed by atoms with Crippen LogP contribution in [0.5, 0.6) is 0 Å². The van der Waals surface area contributed by atoms with Gasteiger partial charge in [0.15, 0.2) is 0 Å². The number of furan rings is 1. The van der Waals surface area contributed by atoms with Crippen LogP contribution in [0.15, 0.2) is 22.8 Å². The number of fused-ring (bicyclic) bond motifs is 1. The number of carbonyl (C=O) groups is 1. The first kappa shape index (κ1) is 15.5. The molecule has 6 nitrogen and oxygen atoms in total. The van der Waals surface area contributed by atoms with E-state index in [0.29, 0.717) is 6.54 Å². The lowest BCUT2D eigenvalue weighted by Crippen LogP contribution is -2.46. The van der Waals surface area contributed by atoms with Crippen LogP contribution in [0.25, 0.3) is 0 Å². The van der Waals surface area contributed by atoms with Gasteiger partial charge in [0.25, 0.3) is 0 Å². The van der Waals surface area contributed by atoms with E-state index >= 15 is 0 Å². The Morgan fingerprint density at radius 2 is 2.41 bits per heavy atom. The number of likely N-dealkylation sites (N-methyl/N-ethyl adjacent to an activating group) is 1. The highest BCUT2D eigenvalue weighted by Gasteiger charge is 2.47. The molecule has 3 rings (SSSR count). The van der Waals surface area contributed by atoms with Gasteiger partial charge in [-0.3, -0.25) is 9.69 Å². The van der Waals surface area contributed by atoms with Gasteiger partial charge in [-0.2, -0.15) is 0 Å². The van der Waals surface area contributed by atoms with Crippen molar-refractivity contribution < 1.29 is 18.7 Å². The van der Waals surface area contributed by atoms with E-state index in [1.807, 2.05) is 17.0 Å². The second kappa shape index (κ2) is 6.81. The van der Waals surface area contributed by atoms with Crippen molar-refractivity contribution in [3.8, 4) is 0 Å². The molecule has 2 aliphatic heterocycles. The molecule has 6 heteroatoms. The van der Waals surface area contributed by atoms with Crippen molar-refractivity contribution in [1.29, 1.82) is 0 Å². The molecule has 2 aliphatic rings. The highest BCUT2D eigenvalue weighted by molar-refractivity contribution is 5.78. The van der Waals surface area contributed by atoms with Crippen molar-refractivity contribution in [2.75, 3.05) is 33.9 Å². The van der Waals surface area contributed by atoms with E-state index in [-0.39, 0.29) is 30.7 Å². The molecule has 0 unspecified atom stereocenters. The standard InChI is InChI=1S/C16H24N2O4/c1-17(9-12-5-3-7-21-12)14-10-18(15(19)11-20-2)13-6-4-8-22-16(13)14/h3,5,7,13-14,16H,4,6,8-11H2,1-2H3/t13-,14-,16+/m0/s1. The summed E-state index contributed by atoms with van der Waals surface area (Å²) in [6.45, 7) is 2.32. The Bertz CT molecular complexity index is 490. The van der Waals surface area contributed by atoms with E-state index in [9.17, 15) is 4.79 Å². The quantitative estimate of drug-likeness (QED) is 0.816. The molecule has 22 heavy (non-hydrogen) atoms. The van der Waals surface area contributed by atoms with Crippen LogP contribution in [0.2, 0.25) is 0 Å². The number of likely N-dealkylation sites (tertiary alicyclic amines) is 1. The van der Waals surface area contributed by atoms with Crippen molar-refractivity contribution >= 4 is 5.91 Å². The van der Waals surface area contributed by atoms with Crippen molar-refractivity contribution in [2.24, 2.45) is 0 Å². The van der Waals surface area contributed by atoms with Crippen LogP contribution < -0.4 is 0 Å². The Balaban J connectivity index is 1.71. The normalized spacial score (nSPS) is 28.1. The van der Waals surface area contributed by atoms with Crippen LogP contribution in [0, 0.1) is 0 Å². The Morgan fingerprint density at radius 1 is 1.55 bits per heavy atom. The third kappa shape index (κ3) is 3.04. The lowest BCUT2D eigenvalue weighted by molar-refractivity contribution is -0.138. The molecule has 0 radical (unpaired) electrons. The minimum Gasteiger partial charge on any atom is -0.468 e. The first-order chi connectivity index (χ1) is 10.7. The van der Waals surface area contributed by atoms with Crippen molar-refractivity contribution in [3.05, 3.63) is 24.2 Å². The zero-order chi connectivity index (χ0) is 15.5. The molecule has 122 valence electrons. The van der Waals surface area contributed by atoms with Gasteiger partial charge in [-0.1, -0.05) is 0 Å². The molecular weight excluding hydrogens is 284 g/mol. The van der Waals surface area contributed by atoms with Gasteiger partial charge in [0.05, 0.1) is 31.0 Å². The molecule has 1 aromatic heterocycles. The maximum atomic E-state index is 12.3. The summed E-state index contributed by atoms with van der Waals surface area (Å²) in [4.78, 5) is 16.5. The van der Waals surface area contributed by atoms with Crippen LogP contribution in [0.3, 0.4) is 0 Å². The van der Waals surface area contributed by atoms with Gasteiger partial charge in [0.2, 0.25) is 5.91 Å². The van der Waals surface area contributed by atoms with Crippen LogP contribution in [0.1, 0.15) is 18.6 Å². The maximum absolute atomic E-state index is 12.3. The molecule has 0 N–H and O–H groups in total. The van der Waals surface area contributed by atoms with E-state index in [0.717, 1.165) is 31.8 Å². The topological polar surface area (TPSA) is 55.2 Å². The van der Waals surface area contributed by atoms with E-state index in [1.165, 1.54) is 0 Å². The van der Waals surface area contributed by atoms with Gasteiger partial charge >= 0.3 is 0 Å². The largest absolute Gasteiger partial charge is 0.468 e. The molecule has 0 saturated carbocycles. The number of hydrogen-bond donors (Lipinski definition) is 0. The minimum atomic E-state index is 0.0527. The summed E-state index contributed by atoms with van der Waals surface area (Å²) < 4.78 is 16.5. The molecule has 2 fully saturated rings. The molecule has 0 aliphatic carbocycles. The highest BCUT2D eigenvalue weighted by Crippen LogP contribution is 2.32. The fraction of sp³-hybridized carbons (Fsp3) is 0.688. The SMILES string of the molecule is COCC(=O)N1C[C@H](N(C)Cc2ccco2)[C@@H]2OCCC[C@@H]21. The summed E-state index contributed by atoms with van der Waals surface area (Å²) in [6, 6.07) is 4.22. The lowest BCUT2D eigenvalue weighted by Gasteiger charge is -2.34. The maximum Gasteiger partial charge on any atom is 0.248 e. The molecule has 3 atom stereocenters. The smallest absolute Gasteiger partial charge is 0.248 e. The summed E-state index contributed by atoms with van der Waals surface area (Å²) in [7, 11) is 3.62. The third-order valence-corrected chi connectivity index (χ3v) is 4.64. The number of methoxy groups -OCH3 is 1. The first-order valence-electron chi connectivity index (χ1n) is 7.83. The summed E-state index contributed by atoms with van der Waals surface area (Å²) in [5, 5.41) is 0. The van der Waals surface area contributed by atoms with Gasteiger partial charge in [0, 0.05) is 20.3 Å². The molecule has 0 aromatic carbocycles. The number of amides is 1. The highest BCUT2D eigenvalue weighted by atomic mass is 16.5. The molecule has 0 bridgehead atoms. The predicted octanol–water partition coefficient (Wildman–Crippen LogP) is 1.12. The Morgan fingerprint density at radius 3 is 3.14 bits per heavy atom. The first-order valence-corrected chi connectivity index (χ1v) is 7.83. The fourth-order valence-electron chi connectivity index (χ4n) is 3.58. The summed E-state index contributed by atoms with van der Waals surface area (Å²) >= 11 is 0. The number of carbonyl (C=O) groups excluding carboxylic acids is 1. The zero-order valence-corrected chi connectivity index (χ0v) is 13.2. The molecule has 0 spiro atoms. The Labute approximate surface area is 131 Å². The fourth-order valence-corrected chi connectivity index (χ4v) is 3.58. The van der Waals surface area contributed by atoms with Crippen molar-refractivity contribution in [3.63, 3.8) is 0 Å². The number of ether oxygens (including phenoxy) is 2. The minimum absolute atomic E-state index is 0.0527. The molecule has 1 amide bonds. The van der Waals surface area contributed by atoms with Gasteiger partial charge in [-0.05, 0) is 32.0 Å². The molecule has 1 aromatic rings. The van der Waals surface area contributed by atoms with Crippen LogP contribution >= 0.6 is 0 Å². The van der Waals surface area contributed by atoms with Gasteiger partial charge in [0.1, 0.15) is 12.4 Å². The van der Waals surface area contributed by atoms with E-state index in [4.69, 9.17) is 13.9 Å². The average Bonchev–Trinajstić information content (AvgIpc) is 3.14. The third-order valence-electron chi connectivity index (χ3n) is 4.64. The number of rotatable bonds is 5. The molecule has 3 heterocycles. The summed E-state index contributed by atoms with van der Waals surface area (Å²) in [5.41, 5.74) is 0. The van der Waals surface area contributed by atoms with Crippen LogP contribution in [-0.4, -0.2) is 67.8 Å². The second-order valence-corrected chi connectivity index (χ2v) is 6.09. The van der Waals surface area contributed by atoms with Crippen LogP contribution in [0.4, 0.5) is 0 Å². The second-order valence-electron chi connectivity index (χ2n) is 6.09. The van der Waals surface area contributed by atoms with E-state index in [2.05, 4.69) is 11.9 Å². The average molecular weight is 308 g/mol. The Kier molecular flexibility index (Phi) is 4.81.